The maximum Gasteiger partial charge on any atom is 0.411 e. The Balaban J connectivity index is 3.74. The van der Waals surface area contributed by atoms with E-state index >= 15 is 0 Å². The van der Waals surface area contributed by atoms with Crippen LogP contribution in [0.3, 0.4) is 0 Å². The van der Waals surface area contributed by atoms with Crippen LogP contribution in [0.1, 0.15) is 13.3 Å². The van der Waals surface area contributed by atoms with Gasteiger partial charge in [0.2, 0.25) is 0 Å². The summed E-state index contributed by atoms with van der Waals surface area (Å²) < 4.78 is 38.9. The molecule has 1 unspecified atom stereocenters. The Hall–Kier alpha value is -0.330. The van der Waals surface area contributed by atoms with Gasteiger partial charge in [-0.15, -0.1) is 0 Å². The Morgan fingerprint density at radius 1 is 1.23 bits per heavy atom. The smallest absolute Gasteiger partial charge is 0.393 e. The largest absolute Gasteiger partial charge is 0.411 e. The summed E-state index contributed by atoms with van der Waals surface area (Å²) in [6, 6.07) is 0. The van der Waals surface area contributed by atoms with Crippen LogP contribution >= 0.6 is 0 Å². The van der Waals surface area contributed by atoms with Crippen molar-refractivity contribution in [1.82, 2.24) is 0 Å². The zero-order chi connectivity index (χ0) is 10.5. The first kappa shape index (κ1) is 12.7. The third kappa shape index (κ3) is 5.84. The Morgan fingerprint density at radius 2 is 1.77 bits per heavy atom. The van der Waals surface area contributed by atoms with Crippen molar-refractivity contribution < 1.29 is 28.1 Å². The van der Waals surface area contributed by atoms with Crippen molar-refractivity contribution in [1.29, 1.82) is 0 Å². The van der Waals surface area contributed by atoms with Crippen molar-refractivity contribution in [3.05, 3.63) is 0 Å². The summed E-state index contributed by atoms with van der Waals surface area (Å²) in [6.07, 6.45) is -4.26. The lowest BCUT2D eigenvalue weighted by Gasteiger charge is -2.23. The minimum atomic E-state index is -4.40. The van der Waals surface area contributed by atoms with E-state index in [0.29, 0.717) is 0 Å². The minimum Gasteiger partial charge on any atom is -0.393 e. The summed E-state index contributed by atoms with van der Waals surface area (Å²) in [5, 5.41) is 17.9. The lowest BCUT2D eigenvalue weighted by molar-refractivity contribution is -0.190. The van der Waals surface area contributed by atoms with Gasteiger partial charge in [-0.3, -0.25) is 0 Å². The molecule has 2 N–H and O–H groups in total. The number of hydrogen-bond donors (Lipinski definition) is 2. The molecule has 0 aliphatic heterocycles. The molecule has 0 amide bonds. The molecule has 13 heavy (non-hydrogen) atoms. The summed E-state index contributed by atoms with van der Waals surface area (Å²) in [5.41, 5.74) is -1.56. The van der Waals surface area contributed by atoms with Gasteiger partial charge in [0, 0.05) is 0 Å². The van der Waals surface area contributed by atoms with Crippen LogP contribution in [0.15, 0.2) is 0 Å². The van der Waals surface area contributed by atoms with Gasteiger partial charge in [-0.05, 0) is 6.42 Å². The fourth-order valence-electron chi connectivity index (χ4n) is 0.616. The van der Waals surface area contributed by atoms with Gasteiger partial charge < -0.3 is 14.9 Å². The molecular weight excluding hydrogens is 189 g/mol. The Kier molecular flexibility index (Phi) is 4.66. The van der Waals surface area contributed by atoms with Crippen LogP contribution in [-0.4, -0.2) is 41.8 Å². The van der Waals surface area contributed by atoms with Crippen LogP contribution in [0, 0.1) is 0 Å². The van der Waals surface area contributed by atoms with Gasteiger partial charge in [-0.25, -0.2) is 0 Å². The van der Waals surface area contributed by atoms with E-state index < -0.39 is 31.6 Å². The molecular formula is C7H13F3O3. The van der Waals surface area contributed by atoms with E-state index in [9.17, 15) is 18.3 Å². The normalized spacial score (nSPS) is 17.1. The number of ether oxygens (including phenoxy) is 1. The molecule has 0 saturated carbocycles. The van der Waals surface area contributed by atoms with Crippen molar-refractivity contribution in [3.8, 4) is 0 Å². The average molecular weight is 202 g/mol. The predicted molar refractivity (Wildman–Crippen MR) is 39.2 cm³/mol. The monoisotopic (exact) mass is 202 g/mol. The van der Waals surface area contributed by atoms with Crippen molar-refractivity contribution in [2.75, 3.05) is 19.8 Å². The Bertz CT molecular complexity index is 142. The van der Waals surface area contributed by atoms with Crippen LogP contribution in [0.25, 0.3) is 0 Å². The zero-order valence-electron chi connectivity index (χ0n) is 7.26. The molecule has 0 aromatic carbocycles. The van der Waals surface area contributed by atoms with Crippen LogP contribution in [-0.2, 0) is 4.74 Å². The molecule has 0 spiro atoms. The SMILES string of the molecule is CCC(O)(CO)COCC(F)(F)F. The molecule has 80 valence electrons. The van der Waals surface area contributed by atoms with Gasteiger partial charge in [0.25, 0.3) is 0 Å². The second-order valence-corrected chi connectivity index (χ2v) is 2.84. The zero-order valence-corrected chi connectivity index (χ0v) is 7.26. The number of halogens is 3. The molecule has 0 fully saturated rings. The molecule has 0 aromatic rings. The maximum absolute atomic E-state index is 11.6. The number of alkyl halides is 3. The van der Waals surface area contributed by atoms with Crippen molar-refractivity contribution in [2.45, 2.75) is 25.1 Å². The van der Waals surface area contributed by atoms with E-state index in [-0.39, 0.29) is 6.42 Å². The van der Waals surface area contributed by atoms with Crippen LogP contribution < -0.4 is 0 Å². The lowest BCUT2D eigenvalue weighted by atomic mass is 10.0. The molecule has 0 aliphatic carbocycles. The molecule has 0 aliphatic rings. The van der Waals surface area contributed by atoms with E-state index in [4.69, 9.17) is 5.11 Å². The van der Waals surface area contributed by atoms with E-state index in [2.05, 4.69) is 4.74 Å². The number of aliphatic hydroxyl groups is 2. The highest BCUT2D eigenvalue weighted by Crippen LogP contribution is 2.16. The maximum atomic E-state index is 11.6. The summed E-state index contributed by atoms with van der Waals surface area (Å²) in [5.74, 6) is 0. The van der Waals surface area contributed by atoms with Gasteiger partial charge in [0.15, 0.2) is 0 Å². The van der Waals surface area contributed by atoms with Gasteiger partial charge in [0.05, 0.1) is 13.2 Å². The van der Waals surface area contributed by atoms with Crippen molar-refractivity contribution in [3.63, 3.8) is 0 Å². The predicted octanol–water partition coefficient (Wildman–Crippen LogP) is 0.699. The summed E-state index contributed by atoms with van der Waals surface area (Å²) in [6.45, 7) is -0.983. The third-order valence-electron chi connectivity index (χ3n) is 1.59. The van der Waals surface area contributed by atoms with Gasteiger partial charge >= 0.3 is 6.18 Å². The summed E-state index contributed by atoms with van der Waals surface area (Å²) in [7, 11) is 0. The Morgan fingerprint density at radius 3 is 2.08 bits per heavy atom. The summed E-state index contributed by atoms with van der Waals surface area (Å²) >= 11 is 0. The highest BCUT2D eigenvalue weighted by molar-refractivity contribution is 4.74. The highest BCUT2D eigenvalue weighted by Gasteiger charge is 2.30. The molecule has 6 heteroatoms. The number of rotatable bonds is 5. The fraction of sp³-hybridized carbons (Fsp3) is 1.00. The first-order chi connectivity index (χ1) is 5.83. The first-order valence-corrected chi connectivity index (χ1v) is 3.81. The van der Waals surface area contributed by atoms with Crippen LogP contribution in [0.2, 0.25) is 0 Å². The molecule has 0 aromatic heterocycles. The highest BCUT2D eigenvalue weighted by atomic mass is 19.4. The quantitative estimate of drug-likeness (QED) is 0.689. The van der Waals surface area contributed by atoms with E-state index in [1.54, 1.807) is 6.92 Å². The van der Waals surface area contributed by atoms with Crippen LogP contribution in [0.5, 0.6) is 0 Å². The second kappa shape index (κ2) is 4.78. The minimum absolute atomic E-state index is 0.140. The molecule has 0 bridgehead atoms. The summed E-state index contributed by atoms with van der Waals surface area (Å²) in [4.78, 5) is 0. The van der Waals surface area contributed by atoms with Gasteiger partial charge in [-0.2, -0.15) is 13.2 Å². The third-order valence-corrected chi connectivity index (χ3v) is 1.59. The fourth-order valence-corrected chi connectivity index (χ4v) is 0.616. The van der Waals surface area contributed by atoms with E-state index in [1.807, 2.05) is 0 Å². The number of aliphatic hydroxyl groups excluding tert-OH is 1. The second-order valence-electron chi connectivity index (χ2n) is 2.84. The topological polar surface area (TPSA) is 49.7 Å². The molecule has 0 rings (SSSR count). The molecule has 3 nitrogen and oxygen atoms in total. The van der Waals surface area contributed by atoms with E-state index in [1.165, 1.54) is 0 Å². The average Bonchev–Trinajstić information content (AvgIpc) is 2.02. The standard InChI is InChI=1S/C7H13F3O3/c1-2-6(12,3-11)4-13-5-7(8,9)10/h11-12H,2-5H2,1H3. The number of hydrogen-bond acceptors (Lipinski definition) is 3. The molecule has 0 heterocycles. The van der Waals surface area contributed by atoms with Crippen LogP contribution in [0.4, 0.5) is 13.2 Å². The lowest BCUT2D eigenvalue weighted by Crippen LogP contribution is -2.39. The van der Waals surface area contributed by atoms with Crippen molar-refractivity contribution in [2.24, 2.45) is 0 Å². The van der Waals surface area contributed by atoms with Crippen molar-refractivity contribution >= 4 is 0 Å². The van der Waals surface area contributed by atoms with Gasteiger partial charge in [-0.1, -0.05) is 6.92 Å². The molecule has 0 radical (unpaired) electrons. The first-order valence-electron chi connectivity index (χ1n) is 3.81. The van der Waals surface area contributed by atoms with E-state index in [0.717, 1.165) is 0 Å². The molecule has 0 saturated heterocycles. The Labute approximate surface area is 74.1 Å². The van der Waals surface area contributed by atoms with Gasteiger partial charge in [0.1, 0.15) is 12.2 Å². The molecule has 1 atom stereocenters.